The molecule has 6 heteroatoms. The van der Waals surface area contributed by atoms with E-state index in [2.05, 4.69) is 11.4 Å². The van der Waals surface area contributed by atoms with Gasteiger partial charge in [0.25, 0.3) is 5.91 Å². The molecule has 31 heavy (non-hydrogen) atoms. The summed E-state index contributed by atoms with van der Waals surface area (Å²) in [4.78, 5) is 27.9. The molecule has 1 N–H and O–H groups in total. The zero-order valence-electron chi connectivity index (χ0n) is 17.5. The summed E-state index contributed by atoms with van der Waals surface area (Å²) in [5, 5.41) is 2.76. The van der Waals surface area contributed by atoms with E-state index in [1.54, 1.807) is 23.1 Å². The molecule has 1 saturated carbocycles. The number of fused-ring (bicyclic) bond motifs is 1. The van der Waals surface area contributed by atoms with Crippen molar-refractivity contribution in [2.24, 2.45) is 0 Å². The summed E-state index contributed by atoms with van der Waals surface area (Å²) in [6.07, 6.45) is 2.32. The number of hydrogen-bond acceptors (Lipinski definition) is 2. The minimum absolute atomic E-state index is 0.162. The van der Waals surface area contributed by atoms with Gasteiger partial charge in [0, 0.05) is 25.1 Å². The van der Waals surface area contributed by atoms with Gasteiger partial charge in [0.1, 0.15) is 6.04 Å². The molecule has 4 nitrogen and oxygen atoms in total. The van der Waals surface area contributed by atoms with Crippen LogP contribution in [0.2, 0.25) is 0 Å². The van der Waals surface area contributed by atoms with Crippen molar-refractivity contribution in [3.05, 3.63) is 70.8 Å². The van der Waals surface area contributed by atoms with E-state index in [-0.39, 0.29) is 31.2 Å². The van der Waals surface area contributed by atoms with E-state index in [1.807, 2.05) is 24.3 Å². The van der Waals surface area contributed by atoms with Crippen LogP contribution in [0.25, 0.3) is 0 Å². The molecule has 4 rings (SSSR count). The number of carbonyl (C=O) groups excluding carboxylic acids is 2. The highest BCUT2D eigenvalue weighted by atomic mass is 19.3. The first-order valence-electron chi connectivity index (χ1n) is 11.1. The summed E-state index contributed by atoms with van der Waals surface area (Å²) in [6.45, 7) is 0.526. The lowest BCUT2D eigenvalue weighted by Crippen LogP contribution is -2.39. The van der Waals surface area contributed by atoms with E-state index < -0.39 is 12.5 Å². The molecule has 1 heterocycles. The van der Waals surface area contributed by atoms with Crippen LogP contribution in [-0.2, 0) is 11.3 Å². The molecular weight excluding hydrogens is 398 g/mol. The molecule has 1 fully saturated rings. The summed E-state index contributed by atoms with van der Waals surface area (Å²) in [6, 6.07) is 14.6. The normalized spacial score (nSPS) is 18.6. The summed E-state index contributed by atoms with van der Waals surface area (Å²) in [5.41, 5.74) is 3.55. The Morgan fingerprint density at radius 1 is 1.03 bits per heavy atom. The van der Waals surface area contributed by atoms with Crippen LogP contribution < -0.4 is 5.32 Å². The Morgan fingerprint density at radius 2 is 1.71 bits per heavy atom. The molecule has 2 amide bonds. The number of alkyl halides is 2. The fourth-order valence-corrected chi connectivity index (χ4v) is 4.88. The van der Waals surface area contributed by atoms with Gasteiger partial charge in [-0.15, -0.1) is 0 Å². The van der Waals surface area contributed by atoms with Gasteiger partial charge in [0.05, 0.1) is 0 Å². The maximum Gasteiger partial charge on any atom is 0.255 e. The van der Waals surface area contributed by atoms with Gasteiger partial charge in [0.15, 0.2) is 0 Å². The van der Waals surface area contributed by atoms with Crippen LogP contribution in [-0.4, -0.2) is 29.7 Å². The van der Waals surface area contributed by atoms with Gasteiger partial charge in [-0.2, -0.15) is 0 Å². The van der Waals surface area contributed by atoms with E-state index in [9.17, 15) is 18.4 Å². The largest absolute Gasteiger partial charge is 0.354 e. The van der Waals surface area contributed by atoms with Crippen LogP contribution in [0.1, 0.15) is 77.5 Å². The molecular formula is C25H28F2N2O2. The maximum absolute atomic E-state index is 13.2. The molecule has 1 atom stereocenters. The van der Waals surface area contributed by atoms with Crippen molar-refractivity contribution in [3.8, 4) is 0 Å². The lowest BCUT2D eigenvalue weighted by atomic mass is 9.92. The van der Waals surface area contributed by atoms with Crippen molar-refractivity contribution in [2.45, 2.75) is 63.5 Å². The van der Waals surface area contributed by atoms with Crippen molar-refractivity contribution in [1.82, 2.24) is 10.2 Å². The first kappa shape index (κ1) is 21.5. The number of carbonyl (C=O) groups is 2. The van der Waals surface area contributed by atoms with Crippen LogP contribution >= 0.6 is 0 Å². The molecule has 164 valence electrons. The molecule has 1 unspecified atom stereocenters. The van der Waals surface area contributed by atoms with Gasteiger partial charge >= 0.3 is 0 Å². The third-order valence-corrected chi connectivity index (χ3v) is 6.40. The molecule has 2 aromatic carbocycles. The quantitative estimate of drug-likeness (QED) is 0.590. The fourth-order valence-electron chi connectivity index (χ4n) is 4.88. The SMILES string of the molecule is O=C(NCCCC(F)F)C1c2ccccc2C(=O)N1Cc1ccccc1C1CCCC1. The second-order valence-electron chi connectivity index (χ2n) is 8.43. The second-order valence-corrected chi connectivity index (χ2v) is 8.43. The van der Waals surface area contributed by atoms with Gasteiger partial charge in [-0.05, 0) is 47.9 Å². The highest BCUT2D eigenvalue weighted by Gasteiger charge is 2.41. The van der Waals surface area contributed by atoms with Gasteiger partial charge < -0.3 is 10.2 Å². The first-order chi connectivity index (χ1) is 15.1. The Balaban J connectivity index is 1.57. The Labute approximate surface area is 181 Å². The van der Waals surface area contributed by atoms with Crippen LogP contribution in [0, 0.1) is 0 Å². The van der Waals surface area contributed by atoms with E-state index in [1.165, 1.54) is 18.4 Å². The standard InChI is InChI=1S/C25H28F2N2O2/c26-22(27)14-7-15-28-24(30)23-20-12-5-6-13-21(20)25(31)29(23)16-18-10-3-4-11-19(18)17-8-1-2-9-17/h3-6,10-13,17,22-23H,1-2,7-9,14-16H2,(H,28,30). The van der Waals surface area contributed by atoms with Gasteiger partial charge in [0.2, 0.25) is 12.3 Å². The van der Waals surface area contributed by atoms with Crippen LogP contribution in [0.3, 0.4) is 0 Å². The van der Waals surface area contributed by atoms with Crippen molar-refractivity contribution in [2.75, 3.05) is 6.54 Å². The van der Waals surface area contributed by atoms with E-state index in [0.717, 1.165) is 18.4 Å². The van der Waals surface area contributed by atoms with Gasteiger partial charge in [-0.25, -0.2) is 8.78 Å². The van der Waals surface area contributed by atoms with Crippen molar-refractivity contribution in [1.29, 1.82) is 0 Å². The van der Waals surface area contributed by atoms with Crippen molar-refractivity contribution >= 4 is 11.8 Å². The highest BCUT2D eigenvalue weighted by Crippen LogP contribution is 2.39. The van der Waals surface area contributed by atoms with E-state index >= 15 is 0 Å². The zero-order chi connectivity index (χ0) is 21.8. The Kier molecular flexibility index (Phi) is 6.64. The number of amides is 2. The van der Waals surface area contributed by atoms with Gasteiger partial charge in [-0.1, -0.05) is 55.3 Å². The third-order valence-electron chi connectivity index (χ3n) is 6.40. The van der Waals surface area contributed by atoms with E-state index in [4.69, 9.17) is 0 Å². The molecule has 0 spiro atoms. The van der Waals surface area contributed by atoms with Crippen molar-refractivity contribution < 1.29 is 18.4 Å². The minimum Gasteiger partial charge on any atom is -0.354 e. The Bertz CT molecular complexity index is 941. The summed E-state index contributed by atoms with van der Waals surface area (Å²) < 4.78 is 24.8. The first-order valence-corrected chi connectivity index (χ1v) is 11.1. The average molecular weight is 427 g/mol. The summed E-state index contributed by atoms with van der Waals surface area (Å²) in [7, 11) is 0. The number of halogens is 2. The molecule has 0 saturated heterocycles. The Morgan fingerprint density at radius 3 is 2.45 bits per heavy atom. The van der Waals surface area contributed by atoms with Crippen LogP contribution in [0.5, 0.6) is 0 Å². The highest BCUT2D eigenvalue weighted by molar-refractivity contribution is 6.04. The number of nitrogens with one attached hydrogen (secondary N) is 1. The number of nitrogens with zero attached hydrogens (tertiary/aromatic N) is 1. The predicted molar refractivity (Wildman–Crippen MR) is 115 cm³/mol. The molecule has 1 aliphatic carbocycles. The van der Waals surface area contributed by atoms with E-state index in [0.29, 0.717) is 23.6 Å². The lowest BCUT2D eigenvalue weighted by Gasteiger charge is -2.27. The third kappa shape index (κ3) is 4.63. The number of benzene rings is 2. The lowest BCUT2D eigenvalue weighted by molar-refractivity contribution is -0.125. The Hall–Kier alpha value is -2.76. The van der Waals surface area contributed by atoms with Crippen molar-refractivity contribution in [3.63, 3.8) is 0 Å². The van der Waals surface area contributed by atoms with Gasteiger partial charge in [-0.3, -0.25) is 9.59 Å². The van der Waals surface area contributed by atoms with Crippen LogP contribution in [0.15, 0.2) is 48.5 Å². The topological polar surface area (TPSA) is 49.4 Å². The smallest absolute Gasteiger partial charge is 0.255 e. The monoisotopic (exact) mass is 426 g/mol. The molecule has 0 radical (unpaired) electrons. The molecule has 0 bridgehead atoms. The molecule has 2 aliphatic rings. The maximum atomic E-state index is 13.2. The summed E-state index contributed by atoms with van der Waals surface area (Å²) in [5.74, 6) is 0.0216. The second kappa shape index (κ2) is 9.58. The fraction of sp³-hybridized carbons (Fsp3) is 0.440. The van der Waals surface area contributed by atoms with Crippen LogP contribution in [0.4, 0.5) is 8.78 Å². The number of hydrogen-bond donors (Lipinski definition) is 1. The predicted octanol–water partition coefficient (Wildman–Crippen LogP) is 5.20. The minimum atomic E-state index is -2.38. The molecule has 1 aliphatic heterocycles. The number of rotatable bonds is 8. The zero-order valence-corrected chi connectivity index (χ0v) is 17.5. The molecule has 0 aromatic heterocycles. The average Bonchev–Trinajstić information content (AvgIpc) is 3.39. The molecule has 2 aromatic rings. The summed E-state index contributed by atoms with van der Waals surface area (Å²) >= 11 is 0.